The van der Waals surface area contributed by atoms with E-state index < -0.39 is 6.04 Å². The molecule has 0 spiro atoms. The van der Waals surface area contributed by atoms with Gasteiger partial charge in [-0.3, -0.25) is 14.4 Å². The maximum Gasteiger partial charge on any atom is 0.254 e. The number of amides is 3. The number of carbonyl (C=O) groups is 3. The molecule has 0 radical (unpaired) electrons. The van der Waals surface area contributed by atoms with Crippen LogP contribution in [-0.2, 0) is 9.59 Å². The fourth-order valence-corrected chi connectivity index (χ4v) is 2.06. The van der Waals surface area contributed by atoms with Crippen LogP contribution in [0, 0.1) is 0 Å². The lowest BCUT2D eigenvalue weighted by molar-refractivity contribution is -0.121. The Labute approximate surface area is 122 Å². The molecule has 0 saturated heterocycles. The quantitative estimate of drug-likeness (QED) is 0.701. The second-order valence-electron chi connectivity index (χ2n) is 4.69. The highest BCUT2D eigenvalue weighted by Gasteiger charge is 2.27. The van der Waals surface area contributed by atoms with E-state index in [1.54, 1.807) is 30.3 Å². The average molecular weight is 287 g/mol. The Morgan fingerprint density at radius 2 is 2.10 bits per heavy atom. The summed E-state index contributed by atoms with van der Waals surface area (Å²) in [7, 11) is 0. The Hall–Kier alpha value is -2.63. The summed E-state index contributed by atoms with van der Waals surface area (Å²) in [5, 5.41) is 7.97. The number of para-hydroxylation sites is 1. The van der Waals surface area contributed by atoms with Crippen molar-refractivity contribution >= 4 is 23.4 Å². The minimum absolute atomic E-state index is 0.155. The average Bonchev–Trinajstić information content (AvgIpc) is 2.60. The molecule has 0 fully saturated rings. The van der Waals surface area contributed by atoms with Gasteiger partial charge in [0.25, 0.3) is 5.91 Å². The predicted octanol–water partition coefficient (Wildman–Crippen LogP) is 0.819. The minimum atomic E-state index is -0.723. The Morgan fingerprint density at radius 3 is 2.86 bits per heavy atom. The molecule has 0 aliphatic carbocycles. The summed E-state index contributed by atoms with van der Waals surface area (Å²) in [5.41, 5.74) is 0.906. The van der Waals surface area contributed by atoms with Crippen molar-refractivity contribution in [3.05, 3.63) is 42.5 Å². The number of fused-ring (bicyclic) bond motifs is 1. The molecule has 1 heterocycles. The summed E-state index contributed by atoms with van der Waals surface area (Å²) >= 11 is 0. The number of hydrogen-bond acceptors (Lipinski definition) is 3. The van der Waals surface area contributed by atoms with Crippen molar-refractivity contribution in [2.24, 2.45) is 0 Å². The number of nitrogens with one attached hydrogen (secondary N) is 3. The van der Waals surface area contributed by atoms with Crippen molar-refractivity contribution in [2.75, 3.05) is 11.9 Å². The highest BCUT2D eigenvalue weighted by molar-refractivity contribution is 6.09. The largest absolute Gasteiger partial charge is 0.353 e. The maximum atomic E-state index is 12.1. The summed E-state index contributed by atoms with van der Waals surface area (Å²) in [6.45, 7) is 3.89. The van der Waals surface area contributed by atoms with E-state index in [4.69, 9.17) is 0 Å². The Morgan fingerprint density at radius 1 is 1.33 bits per heavy atom. The van der Waals surface area contributed by atoms with Crippen molar-refractivity contribution in [1.29, 1.82) is 0 Å². The molecule has 1 aromatic rings. The molecule has 0 aromatic heterocycles. The fraction of sp³-hybridized carbons (Fsp3) is 0.267. The van der Waals surface area contributed by atoms with Gasteiger partial charge < -0.3 is 16.0 Å². The van der Waals surface area contributed by atoms with Crippen LogP contribution in [0.3, 0.4) is 0 Å². The molecule has 3 amide bonds. The number of anilines is 1. The molecule has 6 heteroatoms. The van der Waals surface area contributed by atoms with Gasteiger partial charge in [0.1, 0.15) is 6.04 Å². The second-order valence-corrected chi connectivity index (χ2v) is 4.69. The first-order valence-corrected chi connectivity index (χ1v) is 6.70. The first-order chi connectivity index (χ1) is 10.1. The summed E-state index contributed by atoms with van der Waals surface area (Å²) < 4.78 is 0. The first-order valence-electron chi connectivity index (χ1n) is 6.70. The lowest BCUT2D eigenvalue weighted by Crippen LogP contribution is -2.42. The van der Waals surface area contributed by atoms with E-state index >= 15 is 0 Å². The monoisotopic (exact) mass is 287 g/mol. The van der Waals surface area contributed by atoms with Crippen molar-refractivity contribution in [3.63, 3.8) is 0 Å². The summed E-state index contributed by atoms with van der Waals surface area (Å²) in [5.74, 6) is -0.816. The summed E-state index contributed by atoms with van der Waals surface area (Å²) in [6, 6.07) is 6.07. The SMILES string of the molecule is C=CCNC(=O)CC[C@H]1NC(=O)c2ccccc2NC1=O. The molecule has 2 rings (SSSR count). The Kier molecular flexibility index (Phi) is 4.71. The van der Waals surface area contributed by atoms with Gasteiger partial charge in [0, 0.05) is 13.0 Å². The number of rotatable bonds is 5. The van der Waals surface area contributed by atoms with Crippen molar-refractivity contribution < 1.29 is 14.4 Å². The van der Waals surface area contributed by atoms with Gasteiger partial charge in [-0.1, -0.05) is 18.2 Å². The van der Waals surface area contributed by atoms with E-state index in [9.17, 15) is 14.4 Å². The molecule has 3 N–H and O–H groups in total. The van der Waals surface area contributed by atoms with Gasteiger partial charge in [0.05, 0.1) is 11.3 Å². The summed E-state index contributed by atoms with van der Waals surface area (Å²) in [6.07, 6.45) is 1.98. The second kappa shape index (κ2) is 6.69. The third-order valence-corrected chi connectivity index (χ3v) is 3.16. The first kappa shape index (κ1) is 14.8. The number of hydrogen-bond donors (Lipinski definition) is 3. The van der Waals surface area contributed by atoms with Crippen LogP contribution >= 0.6 is 0 Å². The van der Waals surface area contributed by atoms with Crippen LogP contribution in [0.5, 0.6) is 0 Å². The van der Waals surface area contributed by atoms with Crippen LogP contribution < -0.4 is 16.0 Å². The van der Waals surface area contributed by atoms with Gasteiger partial charge in [-0.2, -0.15) is 0 Å². The fourth-order valence-electron chi connectivity index (χ4n) is 2.06. The third-order valence-electron chi connectivity index (χ3n) is 3.16. The van der Waals surface area contributed by atoms with Crippen LogP contribution in [0.1, 0.15) is 23.2 Å². The molecule has 110 valence electrons. The minimum Gasteiger partial charge on any atom is -0.353 e. The molecule has 1 aliphatic heterocycles. The molecule has 1 atom stereocenters. The zero-order valence-electron chi connectivity index (χ0n) is 11.5. The molecular formula is C15H17N3O3. The van der Waals surface area contributed by atoms with Gasteiger partial charge in [0.2, 0.25) is 11.8 Å². The van der Waals surface area contributed by atoms with Gasteiger partial charge in [-0.15, -0.1) is 6.58 Å². The van der Waals surface area contributed by atoms with Gasteiger partial charge in [0.15, 0.2) is 0 Å². The molecule has 1 aliphatic rings. The smallest absolute Gasteiger partial charge is 0.254 e. The Balaban J connectivity index is 2.00. The number of benzene rings is 1. The normalized spacial score (nSPS) is 17.0. The summed E-state index contributed by atoms with van der Waals surface area (Å²) in [4.78, 5) is 35.7. The van der Waals surface area contributed by atoms with E-state index in [-0.39, 0.29) is 30.6 Å². The van der Waals surface area contributed by atoms with E-state index in [1.165, 1.54) is 0 Å². The molecular weight excluding hydrogens is 270 g/mol. The molecule has 0 unspecified atom stereocenters. The van der Waals surface area contributed by atoms with Crippen molar-refractivity contribution in [3.8, 4) is 0 Å². The van der Waals surface area contributed by atoms with Gasteiger partial charge in [-0.05, 0) is 18.6 Å². The highest BCUT2D eigenvalue weighted by atomic mass is 16.2. The molecule has 0 saturated carbocycles. The van der Waals surface area contributed by atoms with Crippen LogP contribution in [0.15, 0.2) is 36.9 Å². The zero-order chi connectivity index (χ0) is 15.2. The lowest BCUT2D eigenvalue weighted by atomic mass is 10.1. The number of carbonyl (C=O) groups excluding carboxylic acids is 3. The highest BCUT2D eigenvalue weighted by Crippen LogP contribution is 2.19. The standard InChI is InChI=1S/C15H17N3O3/c1-2-9-16-13(19)8-7-12-15(21)17-11-6-4-3-5-10(11)14(20)18-12/h2-6,12H,1,7-9H2,(H,16,19)(H,17,21)(H,18,20)/t12-/m1/s1. The molecule has 6 nitrogen and oxygen atoms in total. The maximum absolute atomic E-state index is 12.1. The van der Waals surface area contributed by atoms with Crippen LogP contribution in [0.2, 0.25) is 0 Å². The van der Waals surface area contributed by atoms with E-state index in [2.05, 4.69) is 22.5 Å². The predicted molar refractivity (Wildman–Crippen MR) is 78.8 cm³/mol. The van der Waals surface area contributed by atoms with E-state index in [0.29, 0.717) is 17.8 Å². The topological polar surface area (TPSA) is 87.3 Å². The zero-order valence-corrected chi connectivity index (χ0v) is 11.5. The molecule has 1 aromatic carbocycles. The van der Waals surface area contributed by atoms with Crippen molar-refractivity contribution in [2.45, 2.75) is 18.9 Å². The van der Waals surface area contributed by atoms with E-state index in [0.717, 1.165) is 0 Å². The molecule has 21 heavy (non-hydrogen) atoms. The van der Waals surface area contributed by atoms with Crippen molar-refractivity contribution in [1.82, 2.24) is 10.6 Å². The van der Waals surface area contributed by atoms with Gasteiger partial charge >= 0.3 is 0 Å². The Bertz CT molecular complexity index is 583. The van der Waals surface area contributed by atoms with Gasteiger partial charge in [-0.25, -0.2) is 0 Å². The lowest BCUT2D eigenvalue weighted by Gasteiger charge is -2.14. The van der Waals surface area contributed by atoms with E-state index in [1.807, 2.05) is 0 Å². The third kappa shape index (κ3) is 3.68. The van der Waals surface area contributed by atoms with Crippen LogP contribution in [-0.4, -0.2) is 30.3 Å². The van der Waals surface area contributed by atoms with Crippen LogP contribution in [0.4, 0.5) is 5.69 Å². The molecule has 0 bridgehead atoms. The van der Waals surface area contributed by atoms with Crippen LogP contribution in [0.25, 0.3) is 0 Å².